The van der Waals surface area contributed by atoms with Crippen LogP contribution in [0.15, 0.2) is 17.0 Å². The Kier molecular flexibility index (Phi) is 5.37. The first-order valence-corrected chi connectivity index (χ1v) is 5.49. The summed E-state index contributed by atoms with van der Waals surface area (Å²) in [4.78, 5) is 18.1. The Morgan fingerprint density at radius 2 is 1.56 bits per heavy atom. The van der Waals surface area contributed by atoms with E-state index in [9.17, 15) is 28.6 Å². The molecule has 0 atom stereocenters. The molecule has 1 rings (SSSR count). The summed E-state index contributed by atoms with van der Waals surface area (Å²) in [7, 11) is -4.81. The Labute approximate surface area is 123 Å². The van der Waals surface area contributed by atoms with Crippen LogP contribution in [0.1, 0.15) is 5.56 Å². The van der Waals surface area contributed by atoms with Crippen LogP contribution >= 0.6 is 0 Å². The van der Waals surface area contributed by atoms with Crippen LogP contribution in [-0.2, 0) is 10.1 Å². The van der Waals surface area contributed by atoms with Gasteiger partial charge >= 0.3 is 39.7 Å². The SMILES string of the molecule is Cc1cc(S(=O)(=O)O)c([N+](=O)[O-])cc1[N+](=O)[O-].[NaH]. The van der Waals surface area contributed by atoms with Crippen LogP contribution < -0.4 is 0 Å². The van der Waals surface area contributed by atoms with Crippen molar-refractivity contribution in [1.29, 1.82) is 0 Å². The second-order valence-corrected chi connectivity index (χ2v) is 4.49. The summed E-state index contributed by atoms with van der Waals surface area (Å²) in [6.45, 7) is 1.20. The zero-order valence-electron chi connectivity index (χ0n) is 8.35. The number of nitro groups is 2. The van der Waals surface area contributed by atoms with E-state index in [4.69, 9.17) is 4.55 Å². The molecular weight excluding hydrogens is 279 g/mol. The van der Waals surface area contributed by atoms with Crippen molar-refractivity contribution < 1.29 is 22.8 Å². The van der Waals surface area contributed by atoms with E-state index >= 15 is 0 Å². The average molecular weight is 286 g/mol. The van der Waals surface area contributed by atoms with Crippen LogP contribution in [0.3, 0.4) is 0 Å². The zero-order chi connectivity index (χ0) is 13.4. The van der Waals surface area contributed by atoms with Gasteiger partial charge in [0.2, 0.25) is 0 Å². The van der Waals surface area contributed by atoms with Crippen molar-refractivity contribution in [2.45, 2.75) is 11.8 Å². The van der Waals surface area contributed by atoms with E-state index in [1.54, 1.807) is 0 Å². The van der Waals surface area contributed by atoms with E-state index < -0.39 is 36.2 Å². The molecule has 0 saturated carbocycles. The van der Waals surface area contributed by atoms with Gasteiger partial charge in [-0.1, -0.05) is 0 Å². The second-order valence-electron chi connectivity index (χ2n) is 3.10. The van der Waals surface area contributed by atoms with Crippen molar-refractivity contribution in [2.24, 2.45) is 0 Å². The molecule has 0 aliphatic rings. The van der Waals surface area contributed by atoms with Gasteiger partial charge in [-0.25, -0.2) is 0 Å². The van der Waals surface area contributed by atoms with Gasteiger partial charge in [0.25, 0.3) is 11.4 Å². The van der Waals surface area contributed by atoms with Crippen molar-refractivity contribution in [1.82, 2.24) is 0 Å². The first-order valence-electron chi connectivity index (χ1n) is 4.05. The van der Waals surface area contributed by atoms with E-state index in [2.05, 4.69) is 0 Å². The van der Waals surface area contributed by atoms with E-state index in [1.807, 2.05) is 0 Å². The predicted molar refractivity (Wildman–Crippen MR) is 61.5 cm³/mol. The normalized spacial score (nSPS) is 10.6. The molecule has 0 saturated heterocycles. The third-order valence-corrected chi connectivity index (χ3v) is 2.83. The molecule has 0 aliphatic heterocycles. The van der Waals surface area contributed by atoms with Crippen molar-refractivity contribution in [2.75, 3.05) is 0 Å². The standard InChI is InChI=1S/C7H6N2O7S.Na.H/c1-4-2-7(17(14,15)16)6(9(12)13)3-5(4)8(10)11;;/h2-3H,1H3,(H,14,15,16);;. The molecule has 9 nitrogen and oxygen atoms in total. The molecule has 0 spiro atoms. The van der Waals surface area contributed by atoms with Crippen molar-refractivity contribution in [3.05, 3.63) is 37.9 Å². The number of rotatable bonds is 3. The fourth-order valence-electron chi connectivity index (χ4n) is 1.20. The number of hydrogen-bond acceptors (Lipinski definition) is 6. The molecule has 0 radical (unpaired) electrons. The van der Waals surface area contributed by atoms with E-state index in [1.165, 1.54) is 6.92 Å². The summed E-state index contributed by atoms with van der Waals surface area (Å²) < 4.78 is 30.5. The van der Waals surface area contributed by atoms with E-state index in [0.717, 1.165) is 0 Å². The molecule has 0 bridgehead atoms. The Bertz CT molecular complexity index is 612. The summed E-state index contributed by atoms with van der Waals surface area (Å²) in [5, 5.41) is 21.1. The van der Waals surface area contributed by atoms with Crippen LogP contribution in [0.2, 0.25) is 0 Å². The molecule has 94 valence electrons. The number of hydrogen-bond donors (Lipinski definition) is 1. The summed E-state index contributed by atoms with van der Waals surface area (Å²) in [5.74, 6) is 0. The predicted octanol–water partition coefficient (Wildman–Crippen LogP) is 0.410. The maximum absolute atomic E-state index is 10.9. The van der Waals surface area contributed by atoms with Crippen molar-refractivity contribution >= 4 is 51.1 Å². The molecule has 18 heavy (non-hydrogen) atoms. The summed E-state index contributed by atoms with van der Waals surface area (Å²) >= 11 is 0. The van der Waals surface area contributed by atoms with Gasteiger partial charge in [0.05, 0.1) is 15.9 Å². The minimum atomic E-state index is -4.81. The number of nitro benzene ring substituents is 2. The van der Waals surface area contributed by atoms with Gasteiger partial charge < -0.3 is 0 Å². The monoisotopic (exact) mass is 286 g/mol. The van der Waals surface area contributed by atoms with Gasteiger partial charge in [-0.3, -0.25) is 24.8 Å². The van der Waals surface area contributed by atoms with Crippen LogP contribution in [0.5, 0.6) is 0 Å². The van der Waals surface area contributed by atoms with Crippen LogP contribution in [-0.4, -0.2) is 52.4 Å². The van der Waals surface area contributed by atoms with Gasteiger partial charge in [-0.15, -0.1) is 0 Å². The first kappa shape index (κ1) is 16.9. The van der Waals surface area contributed by atoms with E-state index in [0.29, 0.717) is 12.1 Å². The van der Waals surface area contributed by atoms with Crippen molar-refractivity contribution in [3.8, 4) is 0 Å². The topological polar surface area (TPSA) is 141 Å². The Hall–Kier alpha value is -1.07. The Balaban J connectivity index is 0.00000289. The molecule has 1 N–H and O–H groups in total. The first-order chi connectivity index (χ1) is 7.64. The average Bonchev–Trinajstić information content (AvgIpc) is 2.14. The van der Waals surface area contributed by atoms with Gasteiger partial charge in [-0.05, 0) is 13.0 Å². The summed E-state index contributed by atoms with van der Waals surface area (Å²) in [6, 6.07) is 1.18. The van der Waals surface area contributed by atoms with Crippen LogP contribution in [0, 0.1) is 27.2 Å². The molecule has 0 aliphatic carbocycles. The zero-order valence-corrected chi connectivity index (χ0v) is 9.17. The van der Waals surface area contributed by atoms with Gasteiger partial charge in [0, 0.05) is 5.56 Å². The number of aryl methyl sites for hydroxylation is 1. The molecule has 0 unspecified atom stereocenters. The number of nitrogens with zero attached hydrogens (tertiary/aromatic N) is 2. The molecule has 0 aromatic heterocycles. The fourth-order valence-corrected chi connectivity index (χ4v) is 1.93. The van der Waals surface area contributed by atoms with Crippen LogP contribution in [0.4, 0.5) is 11.4 Å². The third kappa shape index (κ3) is 3.46. The Morgan fingerprint density at radius 1 is 1.11 bits per heavy atom. The summed E-state index contributed by atoms with van der Waals surface area (Å²) in [5.41, 5.74) is -1.73. The van der Waals surface area contributed by atoms with Crippen molar-refractivity contribution in [3.63, 3.8) is 0 Å². The fraction of sp³-hybridized carbons (Fsp3) is 0.143. The quantitative estimate of drug-likeness (QED) is 0.367. The molecule has 0 fully saturated rings. The molecule has 1 aromatic rings. The maximum atomic E-state index is 10.9. The molecule has 0 amide bonds. The Morgan fingerprint density at radius 3 is 1.89 bits per heavy atom. The molecule has 1 aromatic carbocycles. The van der Waals surface area contributed by atoms with Gasteiger partial charge in [0.15, 0.2) is 4.90 Å². The van der Waals surface area contributed by atoms with Crippen LogP contribution in [0.25, 0.3) is 0 Å². The molecule has 0 heterocycles. The molecule has 11 heteroatoms. The summed E-state index contributed by atoms with van der Waals surface area (Å²) in [6.07, 6.45) is 0. The van der Waals surface area contributed by atoms with E-state index in [-0.39, 0.29) is 35.1 Å². The van der Waals surface area contributed by atoms with Gasteiger partial charge in [-0.2, -0.15) is 8.42 Å². The number of benzene rings is 1. The van der Waals surface area contributed by atoms with Gasteiger partial charge in [0.1, 0.15) is 0 Å². The minimum absolute atomic E-state index is 0. The molecular formula is C7H7N2NaO7S. The third-order valence-electron chi connectivity index (χ3n) is 1.95. The second kappa shape index (κ2) is 5.71.